The lowest BCUT2D eigenvalue weighted by Gasteiger charge is -2.34. The number of aliphatic hydroxyl groups excluding tert-OH is 2. The molecule has 1 aromatic rings. The number of benzene rings is 1. The molecular weight excluding hydrogens is 1070 g/mol. The van der Waals surface area contributed by atoms with Crippen molar-refractivity contribution in [2.45, 2.75) is 192 Å². The van der Waals surface area contributed by atoms with Crippen LogP contribution in [0.4, 0.5) is 0 Å². The molecular formula is C53H84ClN11O15. The van der Waals surface area contributed by atoms with Gasteiger partial charge in [-0.25, -0.2) is 4.79 Å². The second-order valence-corrected chi connectivity index (χ2v) is 21.8. The monoisotopic (exact) mass is 1150 g/mol. The number of nitrogens with one attached hydrogen (secondary N) is 9. The van der Waals surface area contributed by atoms with Gasteiger partial charge < -0.3 is 73.4 Å². The van der Waals surface area contributed by atoms with Crippen LogP contribution in [0.15, 0.2) is 30.3 Å². The first-order valence-electron chi connectivity index (χ1n) is 26.8. The number of primary amides is 1. The second kappa shape index (κ2) is 33.6. The summed E-state index contributed by atoms with van der Waals surface area (Å²) in [7, 11) is 1.28. The number of alkyl halides is 1. The Kier molecular flexibility index (Phi) is 29.1. The largest absolute Gasteiger partial charge is 0.459 e. The van der Waals surface area contributed by atoms with Crippen LogP contribution in [0.2, 0.25) is 0 Å². The maximum absolute atomic E-state index is 14.4. The number of cyclic esters (lactones) is 1. The van der Waals surface area contributed by atoms with Crippen LogP contribution in [0.1, 0.15) is 113 Å². The smallest absolute Gasteiger partial charge is 0.328 e. The highest BCUT2D eigenvalue weighted by molar-refractivity contribution is 6.20. The summed E-state index contributed by atoms with van der Waals surface area (Å²) in [5.41, 5.74) is 6.03. The van der Waals surface area contributed by atoms with Gasteiger partial charge in [-0.3, -0.25) is 52.7 Å². The van der Waals surface area contributed by atoms with Crippen LogP contribution >= 0.6 is 11.6 Å². The molecule has 448 valence electrons. The molecule has 0 saturated carbocycles. The van der Waals surface area contributed by atoms with Gasteiger partial charge >= 0.3 is 5.97 Å². The molecule has 13 N–H and O–H groups in total. The molecule has 2 rings (SSSR count). The standard InChI is InChI=1S/C53H84ClN11O15/c1-12-16-34-53(79)80-32(10)45(64-47(73)35(57-25-66)19-26(2)3)39(68)23-41(70)58-30(8)52(78)65(11)38(20-27(4)5)49(75)62-43(28(6)29(7)54)50(76)61-37(22-40(55)69)48(74)63-44(31(9)67)51(77)60-36(21-33-17-14-13-15-18-33)46(72)56-24-42(71)59-34/h13-15,17-18,25-32,34-39,43-45,67-68H,12,16,19-24H2,1-11H3,(H2,55,69)(H,56,72)(H,57,66)(H,58,70)(H,59,71)(H,60,77)(H,61,76)(H,62,75)(H,63,74)(H,64,73). The van der Waals surface area contributed by atoms with Crippen LogP contribution in [-0.4, -0.2) is 178 Å². The van der Waals surface area contributed by atoms with Gasteiger partial charge in [0.15, 0.2) is 0 Å². The van der Waals surface area contributed by atoms with Crippen molar-refractivity contribution in [2.24, 2.45) is 23.5 Å². The number of ether oxygens (including phenoxy) is 1. The molecule has 0 aromatic heterocycles. The molecule has 1 aliphatic rings. The molecule has 11 amide bonds. The van der Waals surface area contributed by atoms with Crippen molar-refractivity contribution < 1.29 is 72.5 Å². The van der Waals surface area contributed by atoms with E-state index < -0.39 is 168 Å². The normalized spacial score (nSPS) is 26.8. The Morgan fingerprint density at radius 2 is 1.40 bits per heavy atom. The van der Waals surface area contributed by atoms with E-state index in [1.54, 1.807) is 65.0 Å². The molecule has 1 fully saturated rings. The van der Waals surface area contributed by atoms with Crippen LogP contribution < -0.4 is 53.6 Å². The maximum atomic E-state index is 14.4. The third-order valence-electron chi connectivity index (χ3n) is 13.2. The first kappa shape index (κ1) is 69.2. The Morgan fingerprint density at radius 1 is 0.800 bits per heavy atom. The molecule has 80 heavy (non-hydrogen) atoms. The third-order valence-corrected chi connectivity index (χ3v) is 13.6. The molecule has 0 bridgehead atoms. The van der Waals surface area contributed by atoms with Gasteiger partial charge in [0.1, 0.15) is 54.4 Å². The molecule has 1 aromatic carbocycles. The van der Waals surface area contributed by atoms with Gasteiger partial charge in [0.2, 0.25) is 65.5 Å². The highest BCUT2D eigenvalue weighted by Crippen LogP contribution is 2.19. The Hall–Kier alpha value is -6.93. The van der Waals surface area contributed by atoms with Crippen LogP contribution in [0.25, 0.3) is 0 Å². The number of carbonyl (C=O) groups excluding carboxylic acids is 12. The van der Waals surface area contributed by atoms with E-state index in [1.165, 1.54) is 34.7 Å². The molecule has 1 heterocycles. The number of nitrogens with two attached hydrogens (primary N) is 1. The Bertz CT molecular complexity index is 2310. The summed E-state index contributed by atoms with van der Waals surface area (Å²) in [5.74, 6) is -12.0. The van der Waals surface area contributed by atoms with Gasteiger partial charge in [-0.05, 0) is 64.4 Å². The summed E-state index contributed by atoms with van der Waals surface area (Å²) in [6.07, 6.45) is -6.06. The number of hydrogen-bond acceptors (Lipinski definition) is 15. The number of amides is 11. The summed E-state index contributed by atoms with van der Waals surface area (Å²) in [5, 5.41) is 43.9. The maximum Gasteiger partial charge on any atom is 0.328 e. The number of aliphatic hydroxyl groups is 2. The van der Waals surface area contributed by atoms with E-state index in [4.69, 9.17) is 22.1 Å². The molecule has 27 heteroatoms. The van der Waals surface area contributed by atoms with E-state index >= 15 is 0 Å². The molecule has 14 atom stereocenters. The summed E-state index contributed by atoms with van der Waals surface area (Å²) in [6.45, 7) is 14.8. The van der Waals surface area contributed by atoms with Crippen molar-refractivity contribution in [1.29, 1.82) is 0 Å². The van der Waals surface area contributed by atoms with E-state index in [0.717, 1.165) is 11.8 Å². The predicted octanol–water partition coefficient (Wildman–Crippen LogP) is -2.19. The summed E-state index contributed by atoms with van der Waals surface area (Å²) >= 11 is 6.49. The van der Waals surface area contributed by atoms with E-state index in [2.05, 4.69) is 47.9 Å². The minimum atomic E-state index is -1.86. The third kappa shape index (κ3) is 22.7. The van der Waals surface area contributed by atoms with Gasteiger partial charge in [-0.15, -0.1) is 11.6 Å². The first-order chi connectivity index (χ1) is 37.4. The second-order valence-electron chi connectivity index (χ2n) is 21.2. The number of rotatable bonds is 17. The molecule has 26 nitrogen and oxygen atoms in total. The topological polar surface area (TPSA) is 392 Å². The summed E-state index contributed by atoms with van der Waals surface area (Å²) in [6, 6.07) is -5.21. The number of nitrogens with zero attached hydrogens (tertiary/aromatic N) is 1. The molecule has 1 aliphatic heterocycles. The van der Waals surface area contributed by atoms with Crippen LogP contribution in [0, 0.1) is 17.8 Å². The van der Waals surface area contributed by atoms with Crippen molar-refractivity contribution in [3.63, 3.8) is 0 Å². The summed E-state index contributed by atoms with van der Waals surface area (Å²) < 4.78 is 5.74. The lowest BCUT2D eigenvalue weighted by atomic mass is 9.95. The number of carbonyl (C=O) groups is 12. The highest BCUT2D eigenvalue weighted by atomic mass is 35.5. The highest BCUT2D eigenvalue weighted by Gasteiger charge is 2.40. The molecule has 0 radical (unpaired) electrons. The fourth-order valence-corrected chi connectivity index (χ4v) is 8.78. The minimum Gasteiger partial charge on any atom is -0.459 e. The fraction of sp³-hybridized carbons (Fsp3) is 0.660. The van der Waals surface area contributed by atoms with Crippen molar-refractivity contribution in [3.8, 4) is 0 Å². The van der Waals surface area contributed by atoms with Crippen LogP contribution in [0.5, 0.6) is 0 Å². The van der Waals surface area contributed by atoms with Crippen molar-refractivity contribution >= 4 is 83.1 Å². The van der Waals surface area contributed by atoms with Crippen molar-refractivity contribution in [3.05, 3.63) is 35.9 Å². The number of likely N-dealkylation sites (N-methyl/N-ethyl adjacent to an activating group) is 1. The zero-order valence-corrected chi connectivity index (χ0v) is 48.2. The van der Waals surface area contributed by atoms with Crippen LogP contribution in [-0.2, 0) is 68.7 Å². The summed E-state index contributed by atoms with van der Waals surface area (Å²) in [4.78, 5) is 164. The fourth-order valence-electron chi connectivity index (χ4n) is 8.64. The van der Waals surface area contributed by atoms with Crippen LogP contribution in [0.3, 0.4) is 0 Å². The number of halogens is 1. The zero-order valence-electron chi connectivity index (χ0n) is 47.5. The first-order valence-corrected chi connectivity index (χ1v) is 27.2. The predicted molar refractivity (Wildman–Crippen MR) is 292 cm³/mol. The van der Waals surface area contributed by atoms with Gasteiger partial charge in [0.25, 0.3) is 0 Å². The lowest BCUT2D eigenvalue weighted by molar-refractivity contribution is -0.156. The SMILES string of the molecule is CCCC1NC(=O)CNC(=O)C(Cc2ccccc2)NC(=O)C(C(C)O)NC(=O)C(CC(N)=O)NC(=O)C(C(C)C(C)Cl)NC(=O)C(CC(C)C)N(C)C(=O)C(C)NC(=O)CC(O)C(NC(=O)C(CC(C)C)NC=O)C(C)OC1=O. The average Bonchev–Trinajstić information content (AvgIpc) is 3.37. The molecule has 0 aliphatic carbocycles. The quantitative estimate of drug-likeness (QED) is 0.0448. The van der Waals surface area contributed by atoms with Crippen molar-refractivity contribution in [1.82, 2.24) is 52.8 Å². The minimum absolute atomic E-state index is 0.00746. The lowest BCUT2D eigenvalue weighted by Crippen LogP contribution is -2.63. The van der Waals surface area contributed by atoms with Gasteiger partial charge in [0.05, 0.1) is 37.6 Å². The zero-order chi connectivity index (χ0) is 60.7. The Balaban J connectivity index is 2.82. The molecule has 1 saturated heterocycles. The van der Waals surface area contributed by atoms with Gasteiger partial charge in [0, 0.05) is 24.8 Å². The van der Waals surface area contributed by atoms with E-state index in [9.17, 15) is 67.7 Å². The van der Waals surface area contributed by atoms with Gasteiger partial charge in [-0.1, -0.05) is 78.3 Å². The Morgan fingerprint density at radius 3 is 1.95 bits per heavy atom. The van der Waals surface area contributed by atoms with Gasteiger partial charge in [-0.2, -0.15) is 0 Å². The molecule has 0 spiro atoms. The van der Waals surface area contributed by atoms with E-state index in [0.29, 0.717) is 18.4 Å². The molecule has 14 unspecified atom stereocenters. The van der Waals surface area contributed by atoms with Crippen molar-refractivity contribution in [2.75, 3.05) is 13.6 Å². The van der Waals surface area contributed by atoms with E-state index in [1.807, 2.05) is 0 Å². The number of esters is 1. The average molecular weight is 1150 g/mol. The van der Waals surface area contributed by atoms with E-state index in [-0.39, 0.29) is 37.5 Å². The number of hydrogen-bond donors (Lipinski definition) is 12. The Labute approximate surface area is 472 Å².